The predicted octanol–water partition coefficient (Wildman–Crippen LogP) is 3.07. The fourth-order valence-electron chi connectivity index (χ4n) is 0.733. The van der Waals surface area contributed by atoms with E-state index in [2.05, 4.69) is 6.07 Å². The van der Waals surface area contributed by atoms with Gasteiger partial charge in [-0.15, -0.1) is 23.1 Å². The molecule has 1 heterocycles. The van der Waals surface area contributed by atoms with Crippen LogP contribution >= 0.6 is 23.1 Å². The van der Waals surface area contributed by atoms with E-state index in [1.165, 1.54) is 4.21 Å². The molecule has 0 aromatic carbocycles. The summed E-state index contributed by atoms with van der Waals surface area (Å²) in [6.45, 7) is 1.56. The second kappa shape index (κ2) is 4.48. The second-order valence-corrected chi connectivity index (χ2v) is 4.53. The molecule has 1 rings (SSSR count). The van der Waals surface area contributed by atoms with Gasteiger partial charge in [0.25, 0.3) is 0 Å². The number of thioether (sulfide) groups is 1. The van der Waals surface area contributed by atoms with Crippen LogP contribution in [-0.4, -0.2) is 12.0 Å². The van der Waals surface area contributed by atoms with Gasteiger partial charge in [0.2, 0.25) is 0 Å². The van der Waals surface area contributed by atoms with Gasteiger partial charge in [-0.2, -0.15) is 0 Å². The average Bonchev–Trinajstić information content (AvgIpc) is 2.48. The van der Waals surface area contributed by atoms with Gasteiger partial charge < -0.3 is 0 Å². The summed E-state index contributed by atoms with van der Waals surface area (Å²) in [6, 6.07) is 4.09. The Labute approximate surface area is 80.5 Å². The highest BCUT2D eigenvalue weighted by Gasteiger charge is 1.94. The zero-order chi connectivity index (χ0) is 8.97. The largest absolute Gasteiger partial charge is 0.295 e. The summed E-state index contributed by atoms with van der Waals surface area (Å²) in [5, 5.41) is 0. The third kappa shape index (κ3) is 2.83. The highest BCUT2D eigenvalue weighted by Crippen LogP contribution is 2.25. The lowest BCUT2D eigenvalue weighted by atomic mass is 10.3. The second-order valence-electron chi connectivity index (χ2n) is 2.30. The molecule has 0 spiro atoms. The zero-order valence-electron chi connectivity index (χ0n) is 7.03. The summed E-state index contributed by atoms with van der Waals surface area (Å²) < 4.78 is 1.28. The number of ketones is 1. The smallest absolute Gasteiger partial charge is 0.152 e. The lowest BCUT2D eigenvalue weighted by molar-refractivity contribution is -0.112. The molecule has 0 aliphatic rings. The van der Waals surface area contributed by atoms with Crippen LogP contribution in [0.25, 0.3) is 6.08 Å². The van der Waals surface area contributed by atoms with Crippen LogP contribution in [0, 0.1) is 0 Å². The van der Waals surface area contributed by atoms with Gasteiger partial charge in [0.1, 0.15) is 0 Å². The fourth-order valence-corrected chi connectivity index (χ4v) is 2.20. The first-order valence-electron chi connectivity index (χ1n) is 3.55. The number of allylic oxidation sites excluding steroid dienone is 1. The van der Waals surface area contributed by atoms with Gasteiger partial charge in [0.15, 0.2) is 5.78 Å². The molecule has 1 nitrogen and oxygen atoms in total. The maximum Gasteiger partial charge on any atom is 0.152 e. The van der Waals surface area contributed by atoms with Crippen molar-refractivity contribution < 1.29 is 4.79 Å². The molecule has 1 aromatic rings. The third-order valence-corrected chi connectivity index (χ3v) is 3.42. The monoisotopic (exact) mass is 198 g/mol. The van der Waals surface area contributed by atoms with Gasteiger partial charge >= 0.3 is 0 Å². The van der Waals surface area contributed by atoms with Crippen LogP contribution in [0.1, 0.15) is 11.8 Å². The molecule has 3 heteroatoms. The highest BCUT2D eigenvalue weighted by atomic mass is 32.2. The fraction of sp³-hybridized carbons (Fsp3) is 0.222. The van der Waals surface area contributed by atoms with Gasteiger partial charge in [0, 0.05) is 4.88 Å². The van der Waals surface area contributed by atoms with E-state index < -0.39 is 0 Å². The molecular weight excluding hydrogens is 188 g/mol. The maximum atomic E-state index is 10.6. The van der Waals surface area contributed by atoms with Crippen LogP contribution in [0.15, 0.2) is 22.4 Å². The van der Waals surface area contributed by atoms with E-state index in [0.717, 1.165) is 4.88 Å². The molecule has 0 N–H and O–H groups in total. The standard InChI is InChI=1S/C9H10OS2/c1-7(10)3-4-8-5-6-9(11-2)12-8/h3-6H,1-2H3/b4-3-. The number of thiophene rings is 1. The van der Waals surface area contributed by atoms with Crippen molar-refractivity contribution in [2.45, 2.75) is 11.1 Å². The van der Waals surface area contributed by atoms with E-state index in [-0.39, 0.29) is 5.78 Å². The molecule has 0 radical (unpaired) electrons. The molecule has 0 aliphatic carbocycles. The minimum atomic E-state index is 0.0918. The molecule has 0 fully saturated rings. The van der Waals surface area contributed by atoms with Crippen molar-refractivity contribution in [1.29, 1.82) is 0 Å². The first-order chi connectivity index (χ1) is 5.72. The minimum absolute atomic E-state index is 0.0918. The van der Waals surface area contributed by atoms with Crippen LogP contribution < -0.4 is 0 Å². The number of carbonyl (C=O) groups is 1. The molecular formula is C9H10OS2. The van der Waals surface area contributed by atoms with E-state index in [1.807, 2.05) is 18.4 Å². The molecule has 12 heavy (non-hydrogen) atoms. The van der Waals surface area contributed by atoms with Crippen LogP contribution in [0.5, 0.6) is 0 Å². The lowest BCUT2D eigenvalue weighted by Crippen LogP contribution is -1.77. The summed E-state index contributed by atoms with van der Waals surface area (Å²) in [7, 11) is 0. The lowest BCUT2D eigenvalue weighted by Gasteiger charge is -1.83. The normalized spacial score (nSPS) is 10.8. The van der Waals surface area contributed by atoms with Crippen molar-refractivity contribution in [2.75, 3.05) is 6.26 Å². The molecule has 64 valence electrons. The van der Waals surface area contributed by atoms with Crippen molar-refractivity contribution in [3.05, 3.63) is 23.1 Å². The Hall–Kier alpha value is -0.540. The first-order valence-corrected chi connectivity index (χ1v) is 5.59. The van der Waals surface area contributed by atoms with Crippen LogP contribution in [0.2, 0.25) is 0 Å². The third-order valence-electron chi connectivity index (χ3n) is 1.29. The number of hydrogen-bond donors (Lipinski definition) is 0. The Morgan fingerprint density at radius 1 is 1.58 bits per heavy atom. The van der Waals surface area contributed by atoms with E-state index in [0.29, 0.717) is 0 Å². The first kappa shape index (κ1) is 9.55. The molecule has 0 amide bonds. The van der Waals surface area contributed by atoms with Crippen LogP contribution in [0.4, 0.5) is 0 Å². The van der Waals surface area contributed by atoms with Gasteiger partial charge in [-0.3, -0.25) is 4.79 Å². The summed E-state index contributed by atoms with van der Waals surface area (Å²) in [5.41, 5.74) is 0. The van der Waals surface area contributed by atoms with Crippen molar-refractivity contribution in [1.82, 2.24) is 0 Å². The van der Waals surface area contributed by atoms with Crippen molar-refractivity contribution in [3.8, 4) is 0 Å². The van der Waals surface area contributed by atoms with Crippen molar-refractivity contribution in [3.63, 3.8) is 0 Å². The molecule has 0 saturated heterocycles. The Kier molecular flexibility index (Phi) is 3.56. The quantitative estimate of drug-likeness (QED) is 0.548. The van der Waals surface area contributed by atoms with Crippen molar-refractivity contribution >= 4 is 35.0 Å². The maximum absolute atomic E-state index is 10.6. The van der Waals surface area contributed by atoms with Gasteiger partial charge in [-0.1, -0.05) is 0 Å². The molecule has 0 aliphatic heterocycles. The Morgan fingerprint density at radius 2 is 2.33 bits per heavy atom. The Morgan fingerprint density at radius 3 is 2.83 bits per heavy atom. The van der Waals surface area contributed by atoms with E-state index in [9.17, 15) is 4.79 Å². The molecule has 0 unspecified atom stereocenters. The summed E-state index contributed by atoms with van der Waals surface area (Å²) in [5.74, 6) is 0.0918. The number of hydrogen-bond acceptors (Lipinski definition) is 3. The predicted molar refractivity (Wildman–Crippen MR) is 55.8 cm³/mol. The van der Waals surface area contributed by atoms with Gasteiger partial charge in [-0.05, 0) is 37.5 Å². The van der Waals surface area contributed by atoms with Crippen LogP contribution in [-0.2, 0) is 4.79 Å². The molecule has 1 aromatic heterocycles. The van der Waals surface area contributed by atoms with E-state index in [1.54, 1.807) is 36.1 Å². The van der Waals surface area contributed by atoms with Gasteiger partial charge in [0.05, 0.1) is 4.21 Å². The number of rotatable bonds is 3. The highest BCUT2D eigenvalue weighted by molar-refractivity contribution is 8.00. The van der Waals surface area contributed by atoms with E-state index >= 15 is 0 Å². The van der Waals surface area contributed by atoms with E-state index in [4.69, 9.17) is 0 Å². The Bertz CT molecular complexity index is 299. The molecule has 0 saturated carbocycles. The SMILES string of the molecule is CSc1ccc(/C=C\C(C)=O)s1. The minimum Gasteiger partial charge on any atom is -0.295 e. The summed E-state index contributed by atoms with van der Waals surface area (Å²) >= 11 is 3.42. The topological polar surface area (TPSA) is 17.1 Å². The molecule has 0 bridgehead atoms. The summed E-state index contributed by atoms with van der Waals surface area (Å²) in [4.78, 5) is 11.7. The summed E-state index contributed by atoms with van der Waals surface area (Å²) in [6.07, 6.45) is 5.49. The van der Waals surface area contributed by atoms with Gasteiger partial charge in [-0.25, -0.2) is 0 Å². The molecule has 0 atom stereocenters. The van der Waals surface area contributed by atoms with Crippen LogP contribution in [0.3, 0.4) is 0 Å². The zero-order valence-corrected chi connectivity index (χ0v) is 8.67. The van der Waals surface area contributed by atoms with Crippen molar-refractivity contribution in [2.24, 2.45) is 0 Å². The average molecular weight is 198 g/mol. The number of carbonyl (C=O) groups excluding carboxylic acids is 1. The Balaban J connectivity index is 2.70.